The van der Waals surface area contributed by atoms with Crippen LogP contribution in [0.2, 0.25) is 0 Å². The molecule has 0 radical (unpaired) electrons. The van der Waals surface area contributed by atoms with Gasteiger partial charge in [-0.05, 0) is 48.9 Å². The Balaban J connectivity index is 1.30. The first-order valence-corrected chi connectivity index (χ1v) is 15.7. The zero-order valence-corrected chi connectivity index (χ0v) is 25.5. The van der Waals surface area contributed by atoms with Crippen molar-refractivity contribution >= 4 is 52.5 Å². The van der Waals surface area contributed by atoms with Gasteiger partial charge in [0.15, 0.2) is 18.1 Å². The highest BCUT2D eigenvalue weighted by Gasteiger charge is 2.56. The van der Waals surface area contributed by atoms with Gasteiger partial charge >= 0.3 is 10.8 Å². The summed E-state index contributed by atoms with van der Waals surface area (Å²) < 4.78 is 21.8. The summed E-state index contributed by atoms with van der Waals surface area (Å²) in [5, 5.41) is -0.245. The third-order valence-electron chi connectivity index (χ3n) is 7.72. The molecule has 2 saturated heterocycles. The van der Waals surface area contributed by atoms with E-state index in [0.717, 1.165) is 16.2 Å². The van der Waals surface area contributed by atoms with Gasteiger partial charge in [-0.25, -0.2) is 9.69 Å². The molecule has 14 heteroatoms. The number of esters is 1. The average Bonchev–Trinajstić information content (AvgIpc) is 3.54. The molecule has 3 aliphatic rings. The van der Waals surface area contributed by atoms with Crippen LogP contribution >= 0.6 is 23.1 Å². The summed E-state index contributed by atoms with van der Waals surface area (Å²) in [6, 6.07) is 11.3. The van der Waals surface area contributed by atoms with Crippen LogP contribution < -0.4 is 19.2 Å². The first-order valence-electron chi connectivity index (χ1n) is 14.0. The highest BCUT2D eigenvalue weighted by Crippen LogP contribution is 2.53. The van der Waals surface area contributed by atoms with E-state index in [1.165, 1.54) is 31.0 Å². The normalized spacial score (nSPS) is 21.1. The molecule has 0 bridgehead atoms. The van der Waals surface area contributed by atoms with Crippen molar-refractivity contribution in [3.05, 3.63) is 68.1 Å². The number of nitrogens with zero attached hydrogens (tertiary/aromatic N) is 2. The van der Waals surface area contributed by atoms with E-state index in [-0.39, 0.29) is 24.0 Å². The van der Waals surface area contributed by atoms with Gasteiger partial charge in [-0.15, -0.1) is 0 Å². The van der Waals surface area contributed by atoms with E-state index in [1.807, 2.05) is 0 Å². The summed E-state index contributed by atoms with van der Waals surface area (Å²) in [6.07, 6.45) is 0. The summed E-state index contributed by atoms with van der Waals surface area (Å²) in [4.78, 5) is 70.9. The summed E-state index contributed by atoms with van der Waals surface area (Å²) in [5.74, 6) is -2.23. The van der Waals surface area contributed by atoms with Crippen LogP contribution in [0.15, 0.2) is 52.3 Å². The number of thioether (sulfide) groups is 1. The number of H-pyrrole nitrogens is 1. The molecule has 3 aromatic rings. The number of anilines is 1. The number of morpholine rings is 1. The number of amides is 3. The molecule has 3 aliphatic heterocycles. The number of thiazole rings is 1. The summed E-state index contributed by atoms with van der Waals surface area (Å²) >= 11 is 2.17. The molecule has 12 nitrogen and oxygen atoms in total. The lowest BCUT2D eigenvalue weighted by Gasteiger charge is -2.30. The largest absolute Gasteiger partial charge is 0.493 e. The number of hydrogen-bond donors (Lipinski definition) is 1. The number of imide groups is 1. The van der Waals surface area contributed by atoms with Gasteiger partial charge in [-0.2, -0.15) is 0 Å². The Morgan fingerprint density at radius 3 is 2.48 bits per heavy atom. The molecule has 3 amide bonds. The second-order valence-electron chi connectivity index (χ2n) is 10.2. The Bertz CT molecular complexity index is 1660. The van der Waals surface area contributed by atoms with Crippen molar-refractivity contribution in [2.75, 3.05) is 51.5 Å². The summed E-state index contributed by atoms with van der Waals surface area (Å²) in [6.45, 7) is 3.72. The lowest BCUT2D eigenvalue weighted by molar-refractivity contribution is -0.137. The fraction of sp³-hybridized carbons (Fsp3) is 0.367. The number of benzene rings is 2. The quantitative estimate of drug-likeness (QED) is 0.289. The monoisotopic (exact) mass is 639 g/mol. The van der Waals surface area contributed by atoms with Gasteiger partial charge in [-0.3, -0.25) is 19.2 Å². The number of methoxy groups -OCH3 is 1. The molecular weight excluding hydrogens is 610 g/mol. The highest BCUT2D eigenvalue weighted by atomic mass is 32.2. The first-order chi connectivity index (χ1) is 21.3. The van der Waals surface area contributed by atoms with E-state index in [1.54, 1.807) is 42.2 Å². The molecule has 0 saturated carbocycles. The number of carbonyl (C=O) groups is 4. The van der Waals surface area contributed by atoms with Crippen molar-refractivity contribution in [2.24, 2.45) is 5.92 Å². The predicted octanol–water partition coefficient (Wildman–Crippen LogP) is 2.66. The van der Waals surface area contributed by atoms with Gasteiger partial charge in [0.25, 0.3) is 5.91 Å². The van der Waals surface area contributed by atoms with Gasteiger partial charge in [0.2, 0.25) is 11.8 Å². The van der Waals surface area contributed by atoms with Crippen LogP contribution in [0.25, 0.3) is 0 Å². The van der Waals surface area contributed by atoms with Crippen molar-refractivity contribution in [1.29, 1.82) is 0 Å². The molecule has 1 N–H and O–H groups in total. The smallest absolute Gasteiger partial charge is 0.338 e. The molecular formula is C30H29N3O9S2. The molecule has 1 aromatic heterocycles. The number of aromatic nitrogens is 1. The molecule has 0 unspecified atom stereocenters. The van der Waals surface area contributed by atoms with E-state index in [4.69, 9.17) is 18.9 Å². The zero-order valence-electron chi connectivity index (χ0n) is 23.9. The maximum Gasteiger partial charge on any atom is 0.338 e. The molecule has 6 rings (SSSR count). The zero-order chi connectivity index (χ0) is 31.0. The lowest BCUT2D eigenvalue weighted by atomic mass is 9.83. The summed E-state index contributed by atoms with van der Waals surface area (Å²) in [7, 11) is 1.47. The minimum absolute atomic E-state index is 0.168. The minimum atomic E-state index is -0.810. The lowest BCUT2D eigenvalue weighted by Crippen LogP contribution is -2.43. The molecule has 2 fully saturated rings. The van der Waals surface area contributed by atoms with Crippen molar-refractivity contribution in [2.45, 2.75) is 23.1 Å². The van der Waals surface area contributed by atoms with Crippen LogP contribution in [0.5, 0.6) is 11.5 Å². The molecule has 3 atom stereocenters. The van der Waals surface area contributed by atoms with Crippen LogP contribution in [-0.4, -0.2) is 85.5 Å². The molecule has 0 spiro atoms. The second kappa shape index (κ2) is 12.5. The standard InChI is InChI=1S/C30H29N3O9S2/c1-3-41-29(37)16-4-7-18(8-5-16)33-27(35)23-22(24-26(31-30(38)44-24)43-25(23)28(33)36)17-6-9-19(20(14-17)39-2)42-15-21(34)32-10-12-40-13-11-32/h4-9,14,22-23,25H,3,10-13,15H2,1-2H3,(H,31,38)/t22-,23-,25+/m0/s1. The predicted molar refractivity (Wildman–Crippen MR) is 161 cm³/mol. The Morgan fingerprint density at radius 1 is 1.02 bits per heavy atom. The van der Waals surface area contributed by atoms with Gasteiger partial charge in [0, 0.05) is 23.9 Å². The number of rotatable bonds is 8. The third-order valence-corrected chi connectivity index (χ3v) is 10.1. The van der Waals surface area contributed by atoms with Crippen molar-refractivity contribution < 1.29 is 38.1 Å². The second-order valence-corrected chi connectivity index (χ2v) is 12.4. The molecule has 0 aliphatic carbocycles. The number of nitrogens with one attached hydrogen (secondary N) is 1. The van der Waals surface area contributed by atoms with E-state index in [0.29, 0.717) is 64.5 Å². The number of fused-ring (bicyclic) bond motifs is 2. The third kappa shape index (κ3) is 5.48. The number of carbonyl (C=O) groups excluding carboxylic acids is 4. The maximum absolute atomic E-state index is 14.0. The van der Waals surface area contributed by atoms with E-state index in [9.17, 15) is 24.0 Å². The number of hydrogen-bond acceptors (Lipinski definition) is 11. The van der Waals surface area contributed by atoms with Crippen molar-refractivity contribution in [3.63, 3.8) is 0 Å². The van der Waals surface area contributed by atoms with Gasteiger partial charge in [0.05, 0.1) is 49.1 Å². The minimum Gasteiger partial charge on any atom is -0.493 e. The van der Waals surface area contributed by atoms with Crippen molar-refractivity contribution in [1.82, 2.24) is 9.88 Å². The Kier molecular flexibility index (Phi) is 8.47. The van der Waals surface area contributed by atoms with E-state index >= 15 is 0 Å². The van der Waals surface area contributed by atoms with Crippen molar-refractivity contribution in [3.8, 4) is 11.5 Å². The summed E-state index contributed by atoms with van der Waals surface area (Å²) in [5.41, 5.74) is 1.30. The maximum atomic E-state index is 14.0. The highest BCUT2D eigenvalue weighted by molar-refractivity contribution is 8.00. The molecule has 2 aromatic carbocycles. The SMILES string of the molecule is CCOC(=O)c1ccc(N2C(=O)[C@H]3[C@H](c4ccc(OCC(=O)N5CCOCC5)c(OC)c4)c4sc(=O)[nH]c4S[C@H]3C2=O)cc1. The topological polar surface area (TPSA) is 145 Å². The first kappa shape index (κ1) is 29.9. The fourth-order valence-corrected chi connectivity index (χ4v) is 8.15. The van der Waals surface area contributed by atoms with Gasteiger partial charge in [-0.1, -0.05) is 29.2 Å². The van der Waals surface area contributed by atoms with Crippen LogP contribution in [0.3, 0.4) is 0 Å². The molecule has 4 heterocycles. The molecule has 44 heavy (non-hydrogen) atoms. The Labute approximate surface area is 260 Å². The van der Waals surface area contributed by atoms with Crippen LogP contribution in [0.1, 0.15) is 33.6 Å². The fourth-order valence-electron chi connectivity index (χ4n) is 5.63. The Hall–Kier alpha value is -4.14. The molecule has 230 valence electrons. The van der Waals surface area contributed by atoms with Crippen LogP contribution in [0, 0.1) is 5.92 Å². The van der Waals surface area contributed by atoms with Crippen LogP contribution in [0.4, 0.5) is 5.69 Å². The van der Waals surface area contributed by atoms with Crippen LogP contribution in [-0.2, 0) is 23.9 Å². The average molecular weight is 640 g/mol. The number of ether oxygens (including phenoxy) is 4. The number of aromatic amines is 1. The van der Waals surface area contributed by atoms with E-state index < -0.39 is 34.9 Å². The van der Waals surface area contributed by atoms with Gasteiger partial charge < -0.3 is 28.8 Å². The Morgan fingerprint density at radius 2 is 1.77 bits per heavy atom. The van der Waals surface area contributed by atoms with Gasteiger partial charge in [0.1, 0.15) is 5.25 Å². The van der Waals surface area contributed by atoms with E-state index in [2.05, 4.69) is 4.98 Å².